The quantitative estimate of drug-likeness (QED) is 0.762. The lowest BCUT2D eigenvalue weighted by molar-refractivity contribution is -0.122. The Balaban J connectivity index is 0.00000264. The molecular formula is C14H21ClFN3O3S. The lowest BCUT2D eigenvalue weighted by atomic mass is 9.90. The maximum absolute atomic E-state index is 13.6. The lowest BCUT2D eigenvalue weighted by Gasteiger charge is -2.33. The van der Waals surface area contributed by atoms with Crippen molar-refractivity contribution in [1.82, 2.24) is 5.32 Å². The normalized spacial score (nSPS) is 21.2. The van der Waals surface area contributed by atoms with Gasteiger partial charge >= 0.3 is 0 Å². The molecule has 3 N–H and O–H groups in total. The van der Waals surface area contributed by atoms with Crippen molar-refractivity contribution < 1.29 is 17.6 Å². The molecule has 1 amide bonds. The first-order chi connectivity index (χ1) is 10.2. The van der Waals surface area contributed by atoms with Gasteiger partial charge in [0.25, 0.3) is 0 Å². The van der Waals surface area contributed by atoms with Crippen LogP contribution in [0.15, 0.2) is 18.2 Å². The molecule has 1 aromatic carbocycles. The minimum absolute atomic E-state index is 0. The fourth-order valence-corrected chi connectivity index (χ4v) is 2.96. The van der Waals surface area contributed by atoms with Gasteiger partial charge < -0.3 is 10.6 Å². The molecule has 23 heavy (non-hydrogen) atoms. The van der Waals surface area contributed by atoms with Crippen molar-refractivity contribution in [3.05, 3.63) is 24.0 Å². The summed E-state index contributed by atoms with van der Waals surface area (Å²) in [6, 6.07) is 3.77. The average Bonchev–Trinajstić information content (AvgIpc) is 2.42. The van der Waals surface area contributed by atoms with Crippen molar-refractivity contribution in [3.63, 3.8) is 0 Å². The SMILES string of the molecule is CC1(C(=O)Nc2ccc(F)c(NS(C)(=O)=O)c2)CCCCN1.Cl. The second-order valence-electron chi connectivity index (χ2n) is 5.74. The summed E-state index contributed by atoms with van der Waals surface area (Å²) in [5.41, 5.74) is -0.523. The predicted molar refractivity (Wildman–Crippen MR) is 91.0 cm³/mol. The molecule has 1 atom stereocenters. The molecule has 1 aromatic rings. The molecule has 2 rings (SSSR count). The summed E-state index contributed by atoms with van der Waals surface area (Å²) < 4.78 is 38.1. The molecule has 0 aliphatic carbocycles. The first-order valence-electron chi connectivity index (χ1n) is 7.03. The van der Waals surface area contributed by atoms with Crippen LogP contribution in [0.25, 0.3) is 0 Å². The zero-order valence-corrected chi connectivity index (χ0v) is 14.6. The van der Waals surface area contributed by atoms with E-state index in [2.05, 4.69) is 15.4 Å². The lowest BCUT2D eigenvalue weighted by Crippen LogP contribution is -2.54. The Labute approximate surface area is 141 Å². The van der Waals surface area contributed by atoms with Crippen molar-refractivity contribution in [2.75, 3.05) is 22.8 Å². The Morgan fingerprint density at radius 1 is 1.35 bits per heavy atom. The number of sulfonamides is 1. The second kappa shape index (κ2) is 7.46. The highest BCUT2D eigenvalue weighted by Gasteiger charge is 2.34. The van der Waals surface area contributed by atoms with Gasteiger partial charge in [0.15, 0.2) is 0 Å². The summed E-state index contributed by atoms with van der Waals surface area (Å²) >= 11 is 0. The van der Waals surface area contributed by atoms with E-state index in [4.69, 9.17) is 0 Å². The van der Waals surface area contributed by atoms with Crippen LogP contribution in [0.1, 0.15) is 26.2 Å². The van der Waals surface area contributed by atoms with Crippen LogP contribution in [0.3, 0.4) is 0 Å². The summed E-state index contributed by atoms with van der Waals surface area (Å²) in [5, 5.41) is 5.88. The number of carbonyl (C=O) groups is 1. The molecular weight excluding hydrogens is 345 g/mol. The number of benzene rings is 1. The number of nitrogens with one attached hydrogen (secondary N) is 3. The topological polar surface area (TPSA) is 87.3 Å². The first kappa shape index (κ1) is 19.7. The number of hydrogen-bond donors (Lipinski definition) is 3. The van der Waals surface area contributed by atoms with Crippen LogP contribution in [0, 0.1) is 5.82 Å². The first-order valence-corrected chi connectivity index (χ1v) is 8.93. The summed E-state index contributed by atoms with van der Waals surface area (Å²) in [5.74, 6) is -0.922. The molecule has 0 saturated carbocycles. The molecule has 1 fully saturated rings. The van der Waals surface area contributed by atoms with Gasteiger partial charge in [-0.1, -0.05) is 0 Å². The highest BCUT2D eigenvalue weighted by atomic mass is 35.5. The van der Waals surface area contributed by atoms with Crippen molar-refractivity contribution in [2.45, 2.75) is 31.7 Å². The summed E-state index contributed by atoms with van der Waals surface area (Å²) in [6.07, 6.45) is 3.64. The molecule has 0 spiro atoms. The number of hydrogen-bond acceptors (Lipinski definition) is 4. The zero-order valence-electron chi connectivity index (χ0n) is 13.0. The third-order valence-corrected chi connectivity index (χ3v) is 4.23. The van der Waals surface area contributed by atoms with Gasteiger partial charge in [-0.05, 0) is 50.9 Å². The smallest absolute Gasteiger partial charge is 0.244 e. The molecule has 0 aromatic heterocycles. The van der Waals surface area contributed by atoms with Crippen LogP contribution < -0.4 is 15.4 Å². The highest BCUT2D eigenvalue weighted by Crippen LogP contribution is 2.24. The maximum Gasteiger partial charge on any atom is 0.244 e. The molecule has 1 heterocycles. The van der Waals surface area contributed by atoms with E-state index in [0.29, 0.717) is 12.1 Å². The third-order valence-electron chi connectivity index (χ3n) is 3.64. The average molecular weight is 366 g/mol. The van der Waals surface area contributed by atoms with E-state index in [1.807, 2.05) is 6.92 Å². The molecule has 1 aliphatic heterocycles. The minimum atomic E-state index is -3.59. The maximum atomic E-state index is 13.6. The van der Waals surface area contributed by atoms with Gasteiger partial charge in [-0.25, -0.2) is 12.8 Å². The fourth-order valence-electron chi connectivity index (χ4n) is 2.40. The van der Waals surface area contributed by atoms with Gasteiger partial charge in [0.2, 0.25) is 15.9 Å². The number of rotatable bonds is 4. The molecule has 1 saturated heterocycles. The summed E-state index contributed by atoms with van der Waals surface area (Å²) in [7, 11) is -3.59. The monoisotopic (exact) mass is 365 g/mol. The van der Waals surface area contributed by atoms with E-state index in [0.717, 1.165) is 31.7 Å². The second-order valence-corrected chi connectivity index (χ2v) is 7.49. The van der Waals surface area contributed by atoms with E-state index in [1.165, 1.54) is 12.1 Å². The Morgan fingerprint density at radius 2 is 2.04 bits per heavy atom. The van der Waals surface area contributed by atoms with E-state index in [9.17, 15) is 17.6 Å². The highest BCUT2D eigenvalue weighted by molar-refractivity contribution is 7.92. The van der Waals surface area contributed by atoms with E-state index in [-0.39, 0.29) is 24.0 Å². The predicted octanol–water partition coefficient (Wildman–Crippen LogP) is 2.09. The number of halogens is 2. The standard InChI is InChI=1S/C14H20FN3O3S.ClH/c1-14(7-3-4-8-16-14)13(19)17-10-5-6-11(15)12(9-10)18-22(2,20)21;/h5-6,9,16,18H,3-4,7-8H2,1-2H3,(H,17,19);1H. The van der Waals surface area contributed by atoms with Crippen LogP contribution in [-0.4, -0.2) is 32.7 Å². The van der Waals surface area contributed by atoms with Crippen molar-refractivity contribution in [2.24, 2.45) is 0 Å². The largest absolute Gasteiger partial charge is 0.324 e. The molecule has 130 valence electrons. The summed E-state index contributed by atoms with van der Waals surface area (Å²) in [4.78, 5) is 12.4. The minimum Gasteiger partial charge on any atom is -0.324 e. The van der Waals surface area contributed by atoms with Gasteiger partial charge in [-0.3, -0.25) is 9.52 Å². The van der Waals surface area contributed by atoms with Gasteiger partial charge in [0.1, 0.15) is 5.82 Å². The Morgan fingerprint density at radius 3 is 2.61 bits per heavy atom. The van der Waals surface area contributed by atoms with Gasteiger partial charge in [-0.2, -0.15) is 0 Å². The van der Waals surface area contributed by atoms with Crippen molar-refractivity contribution in [3.8, 4) is 0 Å². The molecule has 1 unspecified atom stereocenters. The van der Waals surface area contributed by atoms with Crippen LogP contribution in [0.5, 0.6) is 0 Å². The van der Waals surface area contributed by atoms with Gasteiger partial charge in [0.05, 0.1) is 17.5 Å². The van der Waals surface area contributed by atoms with Crippen LogP contribution in [-0.2, 0) is 14.8 Å². The Bertz CT molecular complexity index is 676. The number of piperidine rings is 1. The van der Waals surface area contributed by atoms with Gasteiger partial charge in [-0.15, -0.1) is 12.4 Å². The van der Waals surface area contributed by atoms with E-state index >= 15 is 0 Å². The van der Waals surface area contributed by atoms with Crippen molar-refractivity contribution >= 4 is 39.7 Å². The number of carbonyl (C=O) groups excluding carboxylic acids is 1. The molecule has 0 bridgehead atoms. The van der Waals surface area contributed by atoms with E-state index in [1.54, 1.807) is 0 Å². The fraction of sp³-hybridized carbons (Fsp3) is 0.500. The number of amides is 1. The third kappa shape index (κ3) is 5.33. The Hall–Kier alpha value is -1.38. The molecule has 9 heteroatoms. The molecule has 1 aliphatic rings. The van der Waals surface area contributed by atoms with Gasteiger partial charge in [0, 0.05) is 5.69 Å². The van der Waals surface area contributed by atoms with E-state index < -0.39 is 21.4 Å². The number of anilines is 2. The summed E-state index contributed by atoms with van der Waals surface area (Å²) in [6.45, 7) is 2.59. The molecule has 0 radical (unpaired) electrons. The van der Waals surface area contributed by atoms with Crippen LogP contribution in [0.2, 0.25) is 0 Å². The van der Waals surface area contributed by atoms with Crippen LogP contribution in [0.4, 0.5) is 15.8 Å². The van der Waals surface area contributed by atoms with Crippen molar-refractivity contribution in [1.29, 1.82) is 0 Å². The Kier molecular flexibility index (Phi) is 6.38. The zero-order chi connectivity index (χ0) is 16.4. The molecule has 6 nitrogen and oxygen atoms in total. The van der Waals surface area contributed by atoms with Crippen LogP contribution >= 0.6 is 12.4 Å².